The Morgan fingerprint density at radius 1 is 1.24 bits per heavy atom. The standard InChI is InChI=1S/C14H20N2O4S/c15-9-12-1-3-13(4-2-12)21(17,18)16-6-8-20-14(10-16)5-7-19-11-14/h1-4H,5-11,15H2. The Morgan fingerprint density at radius 3 is 2.62 bits per heavy atom. The molecule has 1 atom stereocenters. The molecule has 0 saturated carbocycles. The third kappa shape index (κ3) is 2.84. The molecule has 2 N–H and O–H groups in total. The van der Waals surface area contributed by atoms with E-state index in [-0.39, 0.29) is 0 Å². The zero-order valence-electron chi connectivity index (χ0n) is 11.8. The highest BCUT2D eigenvalue weighted by Gasteiger charge is 2.43. The van der Waals surface area contributed by atoms with Gasteiger partial charge in [-0.1, -0.05) is 12.1 Å². The highest BCUT2D eigenvalue weighted by atomic mass is 32.2. The van der Waals surface area contributed by atoms with Crippen molar-refractivity contribution < 1.29 is 17.9 Å². The summed E-state index contributed by atoms with van der Waals surface area (Å²) in [6, 6.07) is 6.74. The maximum atomic E-state index is 12.7. The maximum absolute atomic E-state index is 12.7. The first-order valence-electron chi connectivity index (χ1n) is 7.07. The van der Waals surface area contributed by atoms with Crippen LogP contribution in [-0.2, 0) is 26.0 Å². The molecule has 1 aromatic carbocycles. The number of hydrogen-bond acceptors (Lipinski definition) is 5. The van der Waals surface area contributed by atoms with Crippen LogP contribution in [0.5, 0.6) is 0 Å². The second-order valence-electron chi connectivity index (χ2n) is 5.52. The van der Waals surface area contributed by atoms with Crippen LogP contribution in [0, 0.1) is 0 Å². The fourth-order valence-corrected chi connectivity index (χ4v) is 4.29. The van der Waals surface area contributed by atoms with Crippen LogP contribution in [0.25, 0.3) is 0 Å². The third-order valence-corrected chi connectivity index (χ3v) is 5.94. The Morgan fingerprint density at radius 2 is 2.00 bits per heavy atom. The Labute approximate surface area is 124 Å². The molecule has 0 amide bonds. The van der Waals surface area contributed by atoms with E-state index in [1.54, 1.807) is 24.3 Å². The number of morpholine rings is 1. The van der Waals surface area contributed by atoms with Gasteiger partial charge in [0.05, 0.1) is 18.1 Å². The molecule has 2 aliphatic rings. The summed E-state index contributed by atoms with van der Waals surface area (Å²) in [4.78, 5) is 0.302. The number of benzene rings is 1. The van der Waals surface area contributed by atoms with Crippen molar-refractivity contribution in [1.82, 2.24) is 4.31 Å². The molecule has 2 aliphatic heterocycles. The van der Waals surface area contributed by atoms with Gasteiger partial charge >= 0.3 is 0 Å². The van der Waals surface area contributed by atoms with Crippen LogP contribution in [0.15, 0.2) is 29.2 Å². The largest absolute Gasteiger partial charge is 0.378 e. The normalized spacial score (nSPS) is 27.3. The second-order valence-corrected chi connectivity index (χ2v) is 7.46. The van der Waals surface area contributed by atoms with E-state index in [1.165, 1.54) is 4.31 Å². The van der Waals surface area contributed by atoms with Gasteiger partial charge in [-0.15, -0.1) is 0 Å². The predicted octanol–water partition coefficient (Wildman–Crippen LogP) is 0.325. The zero-order chi connectivity index (χ0) is 14.9. The Hall–Kier alpha value is -0.990. The molecule has 7 heteroatoms. The van der Waals surface area contributed by atoms with E-state index >= 15 is 0 Å². The summed E-state index contributed by atoms with van der Waals surface area (Å²) in [6.45, 7) is 2.63. The monoisotopic (exact) mass is 312 g/mol. The van der Waals surface area contributed by atoms with E-state index in [0.29, 0.717) is 44.4 Å². The average molecular weight is 312 g/mol. The van der Waals surface area contributed by atoms with Crippen molar-refractivity contribution in [3.8, 4) is 0 Å². The Balaban J connectivity index is 1.83. The lowest BCUT2D eigenvalue weighted by atomic mass is 10.0. The van der Waals surface area contributed by atoms with Crippen LogP contribution in [0.2, 0.25) is 0 Å². The number of nitrogens with two attached hydrogens (primary N) is 1. The van der Waals surface area contributed by atoms with Crippen molar-refractivity contribution in [2.75, 3.05) is 32.9 Å². The van der Waals surface area contributed by atoms with Crippen LogP contribution in [0.3, 0.4) is 0 Å². The summed E-state index contributed by atoms with van der Waals surface area (Å²) < 4.78 is 38.1. The third-order valence-electron chi connectivity index (χ3n) is 4.08. The highest BCUT2D eigenvalue weighted by molar-refractivity contribution is 7.89. The van der Waals surface area contributed by atoms with Crippen molar-refractivity contribution in [1.29, 1.82) is 0 Å². The molecule has 2 fully saturated rings. The summed E-state index contributed by atoms with van der Waals surface area (Å²) in [5, 5.41) is 0. The lowest BCUT2D eigenvalue weighted by molar-refractivity contribution is -0.0897. The Bertz CT molecular complexity index is 594. The molecule has 1 aromatic rings. The number of hydrogen-bond donors (Lipinski definition) is 1. The lowest BCUT2D eigenvalue weighted by Crippen LogP contribution is -2.54. The number of nitrogens with zero attached hydrogens (tertiary/aromatic N) is 1. The number of sulfonamides is 1. The second kappa shape index (κ2) is 5.66. The van der Waals surface area contributed by atoms with Crippen LogP contribution in [-0.4, -0.2) is 51.2 Å². The zero-order valence-corrected chi connectivity index (χ0v) is 12.6. The summed E-state index contributed by atoms with van der Waals surface area (Å²) in [5.41, 5.74) is 5.98. The van der Waals surface area contributed by atoms with Crippen molar-refractivity contribution in [2.24, 2.45) is 5.73 Å². The van der Waals surface area contributed by atoms with Crippen LogP contribution in [0.4, 0.5) is 0 Å². The van der Waals surface area contributed by atoms with Crippen molar-refractivity contribution in [3.63, 3.8) is 0 Å². The van der Waals surface area contributed by atoms with E-state index in [9.17, 15) is 8.42 Å². The molecule has 116 valence electrons. The summed E-state index contributed by atoms with van der Waals surface area (Å²) in [5.74, 6) is 0. The highest BCUT2D eigenvalue weighted by Crippen LogP contribution is 2.30. The van der Waals surface area contributed by atoms with Crippen LogP contribution in [0.1, 0.15) is 12.0 Å². The molecular weight excluding hydrogens is 292 g/mol. The lowest BCUT2D eigenvalue weighted by Gasteiger charge is -2.38. The molecule has 0 bridgehead atoms. The van der Waals surface area contributed by atoms with E-state index in [4.69, 9.17) is 15.2 Å². The molecule has 6 nitrogen and oxygen atoms in total. The smallest absolute Gasteiger partial charge is 0.243 e. The van der Waals surface area contributed by atoms with Gasteiger partial charge in [0.1, 0.15) is 5.60 Å². The molecule has 1 spiro atoms. The first-order valence-corrected chi connectivity index (χ1v) is 8.51. The molecule has 2 heterocycles. The van der Waals surface area contributed by atoms with Gasteiger partial charge in [-0.05, 0) is 17.7 Å². The fraction of sp³-hybridized carbons (Fsp3) is 0.571. The minimum absolute atomic E-state index is 0.302. The first kappa shape index (κ1) is 14.9. The molecule has 0 aliphatic carbocycles. The molecule has 21 heavy (non-hydrogen) atoms. The van der Waals surface area contributed by atoms with Gasteiger partial charge in [0.25, 0.3) is 0 Å². The predicted molar refractivity (Wildman–Crippen MR) is 77.2 cm³/mol. The van der Waals surface area contributed by atoms with Crippen LogP contribution >= 0.6 is 0 Å². The summed E-state index contributed by atoms with van der Waals surface area (Å²) in [7, 11) is -3.49. The molecular formula is C14H20N2O4S. The van der Waals surface area contributed by atoms with Gasteiger partial charge in [-0.25, -0.2) is 8.42 Å². The molecule has 2 saturated heterocycles. The van der Waals surface area contributed by atoms with Gasteiger partial charge in [-0.3, -0.25) is 0 Å². The summed E-state index contributed by atoms with van der Waals surface area (Å²) >= 11 is 0. The van der Waals surface area contributed by atoms with Crippen molar-refractivity contribution in [3.05, 3.63) is 29.8 Å². The fourth-order valence-electron chi connectivity index (χ4n) is 2.79. The minimum atomic E-state index is -3.49. The topological polar surface area (TPSA) is 81.9 Å². The minimum Gasteiger partial charge on any atom is -0.378 e. The average Bonchev–Trinajstić information content (AvgIpc) is 2.95. The van der Waals surface area contributed by atoms with Gasteiger partial charge in [0.2, 0.25) is 10.0 Å². The van der Waals surface area contributed by atoms with Gasteiger partial charge in [0, 0.05) is 32.7 Å². The van der Waals surface area contributed by atoms with Gasteiger partial charge < -0.3 is 15.2 Å². The first-order chi connectivity index (χ1) is 10.1. The molecule has 3 rings (SSSR count). The maximum Gasteiger partial charge on any atom is 0.243 e. The van der Waals surface area contributed by atoms with Gasteiger partial charge in [0.15, 0.2) is 0 Å². The van der Waals surface area contributed by atoms with Crippen LogP contribution < -0.4 is 5.73 Å². The van der Waals surface area contributed by atoms with Gasteiger partial charge in [-0.2, -0.15) is 4.31 Å². The quantitative estimate of drug-likeness (QED) is 0.869. The molecule has 1 unspecified atom stereocenters. The van der Waals surface area contributed by atoms with E-state index in [1.807, 2.05) is 0 Å². The Kier molecular flexibility index (Phi) is 4.02. The SMILES string of the molecule is NCc1ccc(S(=O)(=O)N2CCOC3(CCOC3)C2)cc1. The number of ether oxygens (including phenoxy) is 2. The summed E-state index contributed by atoms with van der Waals surface area (Å²) in [6.07, 6.45) is 0.741. The van der Waals surface area contributed by atoms with Crippen molar-refractivity contribution in [2.45, 2.75) is 23.5 Å². The van der Waals surface area contributed by atoms with E-state index in [2.05, 4.69) is 0 Å². The number of rotatable bonds is 3. The molecule has 0 aromatic heterocycles. The van der Waals surface area contributed by atoms with E-state index < -0.39 is 15.6 Å². The van der Waals surface area contributed by atoms with E-state index in [0.717, 1.165) is 12.0 Å². The van der Waals surface area contributed by atoms with Crippen molar-refractivity contribution >= 4 is 10.0 Å². The molecule has 0 radical (unpaired) electrons.